The van der Waals surface area contributed by atoms with Gasteiger partial charge in [-0.25, -0.2) is 0 Å². The lowest BCUT2D eigenvalue weighted by Gasteiger charge is -2.23. The van der Waals surface area contributed by atoms with Gasteiger partial charge >= 0.3 is 12.1 Å². The number of carboxylic acid groups (broad SMARTS) is 1. The van der Waals surface area contributed by atoms with Crippen molar-refractivity contribution < 1.29 is 27.9 Å². The summed E-state index contributed by atoms with van der Waals surface area (Å²) in [6.45, 7) is 5.50. The van der Waals surface area contributed by atoms with Crippen molar-refractivity contribution in [1.29, 1.82) is 0 Å². The number of hydrogen-bond donors (Lipinski definition) is 1. The molecule has 1 aliphatic rings. The van der Waals surface area contributed by atoms with Crippen LogP contribution in [0.1, 0.15) is 43.1 Å². The number of rotatable bonds is 4. The van der Waals surface area contributed by atoms with Crippen molar-refractivity contribution >= 4 is 11.9 Å². The minimum absolute atomic E-state index is 0.0975. The van der Waals surface area contributed by atoms with E-state index >= 15 is 0 Å². The van der Waals surface area contributed by atoms with E-state index in [2.05, 4.69) is 5.10 Å². The molecule has 140 valence electrons. The molecule has 9 heteroatoms. The SMILES string of the molecule is Cc1nn(CC(F)(F)F)c(C)c1C(C)C(=O)N1CCC(C)(C(=O)O)C1. The van der Waals surface area contributed by atoms with E-state index in [9.17, 15) is 27.9 Å². The number of aryl methyl sites for hydroxylation is 1. The quantitative estimate of drug-likeness (QED) is 0.894. The normalized spacial score (nSPS) is 22.3. The molecule has 1 N–H and O–H groups in total. The van der Waals surface area contributed by atoms with Crippen molar-refractivity contribution in [2.24, 2.45) is 5.41 Å². The molecule has 1 aromatic heterocycles. The lowest BCUT2D eigenvalue weighted by molar-refractivity contribution is -0.147. The molecule has 0 aromatic carbocycles. The second kappa shape index (κ2) is 6.34. The van der Waals surface area contributed by atoms with Gasteiger partial charge in [-0.05, 0) is 34.1 Å². The number of alkyl halides is 3. The van der Waals surface area contributed by atoms with E-state index < -0.39 is 30.0 Å². The van der Waals surface area contributed by atoms with Crippen LogP contribution in [0.2, 0.25) is 0 Å². The van der Waals surface area contributed by atoms with E-state index in [4.69, 9.17) is 0 Å². The first-order valence-corrected chi connectivity index (χ1v) is 7.98. The number of carbonyl (C=O) groups is 2. The first-order valence-electron chi connectivity index (χ1n) is 7.98. The molecule has 2 atom stereocenters. The van der Waals surface area contributed by atoms with Crippen LogP contribution < -0.4 is 0 Å². The average molecular weight is 361 g/mol. The van der Waals surface area contributed by atoms with E-state index in [-0.39, 0.29) is 12.5 Å². The molecular formula is C16H22F3N3O3. The molecule has 0 saturated carbocycles. The van der Waals surface area contributed by atoms with Crippen LogP contribution in [0.3, 0.4) is 0 Å². The standard InChI is InChI=1S/C16H22F3N3O3/c1-9(13(23)21-6-5-15(4,7-21)14(24)25)12-10(2)20-22(11(12)3)8-16(17,18)19/h9H,5-8H2,1-4H3,(H,24,25). The van der Waals surface area contributed by atoms with Gasteiger partial charge in [-0.2, -0.15) is 18.3 Å². The molecule has 1 fully saturated rings. The summed E-state index contributed by atoms with van der Waals surface area (Å²) in [6.07, 6.45) is -4.04. The third-order valence-electron chi connectivity index (χ3n) is 4.87. The molecule has 2 unspecified atom stereocenters. The van der Waals surface area contributed by atoms with Crippen LogP contribution in [-0.2, 0) is 16.1 Å². The number of nitrogens with zero attached hydrogens (tertiary/aromatic N) is 3. The first kappa shape index (κ1) is 19.3. The Bertz CT molecular complexity index is 699. The van der Waals surface area contributed by atoms with Crippen molar-refractivity contribution in [3.63, 3.8) is 0 Å². The molecule has 1 aromatic rings. The number of carboxylic acids is 1. The van der Waals surface area contributed by atoms with Crippen LogP contribution in [0.25, 0.3) is 0 Å². The summed E-state index contributed by atoms with van der Waals surface area (Å²) in [5, 5.41) is 13.2. The zero-order valence-electron chi connectivity index (χ0n) is 14.6. The summed E-state index contributed by atoms with van der Waals surface area (Å²) < 4.78 is 38.8. The van der Waals surface area contributed by atoms with Crippen LogP contribution in [-0.4, -0.2) is 50.9 Å². The van der Waals surface area contributed by atoms with Gasteiger partial charge in [0.15, 0.2) is 0 Å². The molecule has 1 aliphatic heterocycles. The third-order valence-corrected chi connectivity index (χ3v) is 4.87. The fraction of sp³-hybridized carbons (Fsp3) is 0.688. The Labute approximate surface area is 143 Å². The highest BCUT2D eigenvalue weighted by Crippen LogP contribution is 2.34. The molecule has 25 heavy (non-hydrogen) atoms. The van der Waals surface area contributed by atoms with Crippen LogP contribution in [0.15, 0.2) is 0 Å². The molecule has 2 rings (SSSR count). The second-order valence-corrected chi connectivity index (χ2v) is 6.95. The van der Waals surface area contributed by atoms with Crippen molar-refractivity contribution in [3.05, 3.63) is 17.0 Å². The van der Waals surface area contributed by atoms with Gasteiger partial charge < -0.3 is 10.0 Å². The van der Waals surface area contributed by atoms with Gasteiger partial charge in [0.1, 0.15) is 6.54 Å². The fourth-order valence-electron chi connectivity index (χ4n) is 3.38. The summed E-state index contributed by atoms with van der Waals surface area (Å²) in [5.41, 5.74) is 0.164. The van der Waals surface area contributed by atoms with E-state index in [1.807, 2.05) is 0 Å². The summed E-state index contributed by atoms with van der Waals surface area (Å²) in [5.74, 6) is -1.93. The van der Waals surface area contributed by atoms with Crippen molar-refractivity contribution in [2.45, 2.75) is 52.8 Å². The van der Waals surface area contributed by atoms with Crippen LogP contribution in [0.5, 0.6) is 0 Å². The highest BCUT2D eigenvalue weighted by atomic mass is 19.4. The second-order valence-electron chi connectivity index (χ2n) is 6.95. The number of likely N-dealkylation sites (tertiary alicyclic amines) is 1. The molecule has 0 spiro atoms. The monoisotopic (exact) mass is 361 g/mol. The maximum absolute atomic E-state index is 12.7. The number of hydrogen-bond acceptors (Lipinski definition) is 3. The van der Waals surface area contributed by atoms with Crippen LogP contribution >= 0.6 is 0 Å². The van der Waals surface area contributed by atoms with Gasteiger partial charge in [0.2, 0.25) is 5.91 Å². The summed E-state index contributed by atoms with van der Waals surface area (Å²) in [6, 6.07) is 0. The maximum Gasteiger partial charge on any atom is 0.408 e. The number of aliphatic carboxylic acids is 1. The van der Waals surface area contributed by atoms with Crippen LogP contribution in [0, 0.1) is 19.3 Å². The van der Waals surface area contributed by atoms with Gasteiger partial charge in [0.05, 0.1) is 17.0 Å². The maximum atomic E-state index is 12.7. The fourth-order valence-corrected chi connectivity index (χ4v) is 3.38. The first-order chi connectivity index (χ1) is 11.4. The predicted octanol–water partition coefficient (Wildman–Crippen LogP) is 2.49. The van der Waals surface area contributed by atoms with E-state index in [1.165, 1.54) is 11.8 Å². The summed E-state index contributed by atoms with van der Waals surface area (Å²) >= 11 is 0. The smallest absolute Gasteiger partial charge is 0.408 e. The zero-order chi connectivity index (χ0) is 19.2. The Hall–Kier alpha value is -2.06. The van der Waals surface area contributed by atoms with E-state index in [0.29, 0.717) is 29.9 Å². The van der Waals surface area contributed by atoms with Gasteiger partial charge in [-0.1, -0.05) is 0 Å². The highest BCUT2D eigenvalue weighted by molar-refractivity contribution is 5.85. The van der Waals surface area contributed by atoms with Crippen molar-refractivity contribution in [2.75, 3.05) is 13.1 Å². The molecule has 1 saturated heterocycles. The minimum atomic E-state index is -4.40. The summed E-state index contributed by atoms with van der Waals surface area (Å²) in [4.78, 5) is 25.5. The Morgan fingerprint density at radius 2 is 1.96 bits per heavy atom. The van der Waals surface area contributed by atoms with Crippen molar-refractivity contribution in [3.8, 4) is 0 Å². The molecule has 2 heterocycles. The Kier molecular flexibility index (Phi) is 4.89. The minimum Gasteiger partial charge on any atom is -0.481 e. The zero-order valence-corrected chi connectivity index (χ0v) is 14.6. The van der Waals surface area contributed by atoms with Gasteiger partial charge in [0, 0.05) is 24.3 Å². The highest BCUT2D eigenvalue weighted by Gasteiger charge is 2.43. The van der Waals surface area contributed by atoms with Gasteiger partial charge in [-0.15, -0.1) is 0 Å². The molecule has 1 amide bonds. The Morgan fingerprint density at radius 3 is 2.44 bits per heavy atom. The molecule has 6 nitrogen and oxygen atoms in total. The van der Waals surface area contributed by atoms with Crippen LogP contribution in [0.4, 0.5) is 13.2 Å². The number of aromatic nitrogens is 2. The number of amides is 1. The number of carbonyl (C=O) groups excluding carboxylic acids is 1. The number of halogens is 3. The Morgan fingerprint density at radius 1 is 1.36 bits per heavy atom. The predicted molar refractivity (Wildman–Crippen MR) is 83.1 cm³/mol. The topological polar surface area (TPSA) is 75.4 Å². The lowest BCUT2D eigenvalue weighted by Crippen LogP contribution is -2.37. The lowest BCUT2D eigenvalue weighted by atomic mass is 9.90. The van der Waals surface area contributed by atoms with Gasteiger partial charge in [0.25, 0.3) is 0 Å². The van der Waals surface area contributed by atoms with Gasteiger partial charge in [-0.3, -0.25) is 14.3 Å². The largest absolute Gasteiger partial charge is 0.481 e. The molecule has 0 radical (unpaired) electrons. The molecule has 0 aliphatic carbocycles. The molecule has 0 bridgehead atoms. The Balaban J connectivity index is 2.22. The van der Waals surface area contributed by atoms with Crippen molar-refractivity contribution in [1.82, 2.24) is 14.7 Å². The van der Waals surface area contributed by atoms with E-state index in [0.717, 1.165) is 4.68 Å². The molecular weight excluding hydrogens is 339 g/mol. The third kappa shape index (κ3) is 3.80. The average Bonchev–Trinajstić information content (AvgIpc) is 2.99. The van der Waals surface area contributed by atoms with E-state index in [1.54, 1.807) is 20.8 Å². The summed E-state index contributed by atoms with van der Waals surface area (Å²) in [7, 11) is 0.